The van der Waals surface area contributed by atoms with Crippen LogP contribution in [-0.4, -0.2) is 38.8 Å². The summed E-state index contributed by atoms with van der Waals surface area (Å²) in [6.45, 7) is 1.12. The lowest BCUT2D eigenvalue weighted by Gasteiger charge is -2.37. The Morgan fingerprint density at radius 2 is 1.66 bits per heavy atom. The Labute approximate surface area is 169 Å². The summed E-state index contributed by atoms with van der Waals surface area (Å²) in [5, 5.41) is 9.85. The third-order valence-electron chi connectivity index (χ3n) is 5.53. The quantitative estimate of drug-likeness (QED) is 0.688. The average Bonchev–Trinajstić information content (AvgIpc) is 2.80. The van der Waals surface area contributed by atoms with Crippen molar-refractivity contribution in [3.8, 4) is 17.3 Å². The van der Waals surface area contributed by atoms with Crippen LogP contribution in [0, 0.1) is 16.7 Å². The van der Waals surface area contributed by atoms with Gasteiger partial charge < -0.3 is 4.90 Å². The van der Waals surface area contributed by atoms with Crippen molar-refractivity contribution in [1.82, 2.24) is 19.9 Å². The molecule has 4 heterocycles. The molecule has 29 heavy (non-hydrogen) atoms. The highest BCUT2D eigenvalue weighted by atomic mass is 16.2. The molecule has 6 nitrogen and oxygen atoms in total. The van der Waals surface area contributed by atoms with Crippen molar-refractivity contribution in [2.24, 2.45) is 5.41 Å². The maximum Gasteiger partial charge on any atom is 0.256 e. The van der Waals surface area contributed by atoms with Gasteiger partial charge in [-0.2, -0.15) is 5.26 Å². The van der Waals surface area contributed by atoms with Gasteiger partial charge in [0.15, 0.2) is 0 Å². The molecule has 0 N–H and O–H groups in total. The van der Waals surface area contributed by atoms with Crippen LogP contribution in [0.4, 0.5) is 0 Å². The second kappa shape index (κ2) is 8.19. The molecule has 3 aromatic rings. The topological polar surface area (TPSA) is 82.8 Å². The number of amides is 1. The first-order valence-corrected chi connectivity index (χ1v) is 9.66. The van der Waals surface area contributed by atoms with Gasteiger partial charge in [-0.25, -0.2) is 0 Å². The van der Waals surface area contributed by atoms with Crippen molar-refractivity contribution in [2.75, 3.05) is 13.1 Å². The van der Waals surface area contributed by atoms with E-state index in [0.29, 0.717) is 43.6 Å². The van der Waals surface area contributed by atoms with Gasteiger partial charge in [-0.3, -0.25) is 19.7 Å². The van der Waals surface area contributed by atoms with E-state index in [9.17, 15) is 10.1 Å². The first kappa shape index (κ1) is 18.8. The predicted octanol–water partition coefficient (Wildman–Crippen LogP) is 3.53. The lowest BCUT2D eigenvalue weighted by molar-refractivity contribution is 0.0647. The van der Waals surface area contributed by atoms with Crippen molar-refractivity contribution >= 4 is 5.91 Å². The molecule has 0 aromatic carbocycles. The minimum Gasteiger partial charge on any atom is -0.338 e. The largest absolute Gasteiger partial charge is 0.338 e. The van der Waals surface area contributed by atoms with Crippen LogP contribution in [0.3, 0.4) is 0 Å². The predicted molar refractivity (Wildman–Crippen MR) is 109 cm³/mol. The van der Waals surface area contributed by atoms with Crippen molar-refractivity contribution < 1.29 is 4.79 Å². The minimum absolute atomic E-state index is 0.0413. The zero-order valence-corrected chi connectivity index (χ0v) is 16.0. The Balaban J connectivity index is 1.51. The average molecular weight is 383 g/mol. The zero-order chi connectivity index (χ0) is 20.1. The van der Waals surface area contributed by atoms with Crippen LogP contribution in [0.25, 0.3) is 11.3 Å². The third-order valence-corrected chi connectivity index (χ3v) is 5.53. The van der Waals surface area contributed by atoms with E-state index in [1.54, 1.807) is 37.1 Å². The summed E-state index contributed by atoms with van der Waals surface area (Å²) in [7, 11) is 0. The van der Waals surface area contributed by atoms with Crippen LogP contribution in [0.15, 0.2) is 67.4 Å². The molecule has 3 aromatic heterocycles. The molecule has 0 spiro atoms. The highest BCUT2D eigenvalue weighted by Gasteiger charge is 2.37. The zero-order valence-electron chi connectivity index (χ0n) is 16.0. The maximum atomic E-state index is 13.2. The Bertz CT molecular complexity index is 1020. The Morgan fingerprint density at radius 1 is 1.00 bits per heavy atom. The molecular weight excluding hydrogens is 362 g/mol. The fourth-order valence-corrected chi connectivity index (χ4v) is 3.85. The van der Waals surface area contributed by atoms with Gasteiger partial charge in [-0.05, 0) is 61.2 Å². The highest BCUT2D eigenvalue weighted by Crippen LogP contribution is 2.35. The number of nitrogens with zero attached hydrogens (tertiary/aromatic N) is 5. The molecule has 0 saturated carbocycles. The number of nitriles is 1. The summed E-state index contributed by atoms with van der Waals surface area (Å²) in [5.74, 6) is -0.0413. The van der Waals surface area contributed by atoms with Gasteiger partial charge in [-0.1, -0.05) is 0 Å². The lowest BCUT2D eigenvalue weighted by Crippen LogP contribution is -2.43. The molecule has 0 radical (unpaired) electrons. The number of hydrogen-bond acceptors (Lipinski definition) is 5. The summed E-state index contributed by atoms with van der Waals surface area (Å²) in [6, 6.07) is 13.7. The molecule has 1 amide bonds. The van der Waals surface area contributed by atoms with Crippen molar-refractivity contribution in [3.05, 3.63) is 78.5 Å². The maximum absolute atomic E-state index is 13.2. The summed E-state index contributed by atoms with van der Waals surface area (Å²) >= 11 is 0. The smallest absolute Gasteiger partial charge is 0.256 e. The number of pyridine rings is 3. The fraction of sp³-hybridized carbons (Fsp3) is 0.261. The van der Waals surface area contributed by atoms with Crippen LogP contribution >= 0.6 is 0 Å². The number of hydrogen-bond donors (Lipinski definition) is 0. The Hall–Kier alpha value is -3.59. The molecule has 1 fully saturated rings. The number of rotatable bonds is 4. The molecule has 1 saturated heterocycles. The highest BCUT2D eigenvalue weighted by molar-refractivity contribution is 5.99. The van der Waals surface area contributed by atoms with Gasteiger partial charge in [0.25, 0.3) is 5.91 Å². The van der Waals surface area contributed by atoms with Crippen LogP contribution in [0.5, 0.6) is 0 Å². The van der Waals surface area contributed by atoms with Crippen LogP contribution < -0.4 is 0 Å². The molecule has 0 unspecified atom stereocenters. The van der Waals surface area contributed by atoms with Crippen LogP contribution in [0.2, 0.25) is 0 Å². The monoisotopic (exact) mass is 383 g/mol. The Kier molecular flexibility index (Phi) is 5.30. The van der Waals surface area contributed by atoms with E-state index in [1.165, 1.54) is 0 Å². The molecule has 1 aliphatic rings. The minimum atomic E-state index is -0.443. The van der Waals surface area contributed by atoms with Gasteiger partial charge in [-0.15, -0.1) is 0 Å². The molecule has 0 bridgehead atoms. The summed E-state index contributed by atoms with van der Waals surface area (Å²) < 4.78 is 0. The number of aromatic nitrogens is 3. The summed E-state index contributed by atoms with van der Waals surface area (Å²) in [5.41, 5.74) is 2.77. The van der Waals surface area contributed by atoms with Crippen molar-refractivity contribution in [3.63, 3.8) is 0 Å². The lowest BCUT2D eigenvalue weighted by atomic mass is 9.75. The molecule has 4 rings (SSSR count). The molecule has 1 aliphatic heterocycles. The second-order valence-corrected chi connectivity index (χ2v) is 7.35. The Morgan fingerprint density at radius 3 is 2.31 bits per heavy atom. The van der Waals surface area contributed by atoms with Gasteiger partial charge in [0.05, 0.1) is 22.7 Å². The van der Waals surface area contributed by atoms with E-state index in [4.69, 9.17) is 0 Å². The SMILES string of the molecule is N#CC1(Cc2ccncc2)CCN(C(=O)c2cccnc2-c2ccncc2)CC1. The molecule has 0 aliphatic carbocycles. The molecule has 144 valence electrons. The number of likely N-dealkylation sites (tertiary alicyclic amines) is 1. The van der Waals surface area contributed by atoms with E-state index in [2.05, 4.69) is 21.0 Å². The first-order valence-electron chi connectivity index (χ1n) is 9.66. The molecule has 6 heteroatoms. The summed E-state index contributed by atoms with van der Waals surface area (Å²) in [6.07, 6.45) is 10.6. The van der Waals surface area contributed by atoms with Gasteiger partial charge in [0, 0.05) is 49.6 Å². The van der Waals surface area contributed by atoms with Gasteiger partial charge >= 0.3 is 0 Å². The molecule has 0 atom stereocenters. The number of carbonyl (C=O) groups excluding carboxylic acids is 1. The van der Waals surface area contributed by atoms with Crippen LogP contribution in [0.1, 0.15) is 28.8 Å². The first-order chi connectivity index (χ1) is 14.2. The van der Waals surface area contributed by atoms with E-state index in [0.717, 1.165) is 11.1 Å². The molecular formula is C23H21N5O. The third kappa shape index (κ3) is 3.99. The summed E-state index contributed by atoms with van der Waals surface area (Å²) in [4.78, 5) is 27.6. The van der Waals surface area contributed by atoms with E-state index in [1.807, 2.05) is 35.2 Å². The fourth-order valence-electron chi connectivity index (χ4n) is 3.85. The van der Waals surface area contributed by atoms with Crippen molar-refractivity contribution in [2.45, 2.75) is 19.3 Å². The second-order valence-electron chi connectivity index (χ2n) is 7.35. The number of carbonyl (C=O) groups is 1. The van der Waals surface area contributed by atoms with Gasteiger partial charge in [0.2, 0.25) is 0 Å². The van der Waals surface area contributed by atoms with E-state index in [-0.39, 0.29) is 5.91 Å². The van der Waals surface area contributed by atoms with E-state index < -0.39 is 5.41 Å². The van der Waals surface area contributed by atoms with Gasteiger partial charge in [0.1, 0.15) is 0 Å². The van der Waals surface area contributed by atoms with Crippen molar-refractivity contribution in [1.29, 1.82) is 5.26 Å². The van der Waals surface area contributed by atoms with E-state index >= 15 is 0 Å². The normalized spacial score (nSPS) is 15.5. The van der Waals surface area contributed by atoms with Crippen LogP contribution in [-0.2, 0) is 6.42 Å². The number of piperidine rings is 1. The standard InChI is InChI=1S/C23H21N5O/c24-17-23(16-18-3-10-25-11-4-18)7-14-28(15-8-23)22(29)20-2-1-9-27-21(20)19-5-12-26-13-6-19/h1-6,9-13H,7-8,14-16H2.